The molecule has 2 atom stereocenters. The Bertz CT molecular complexity index is 284. The van der Waals surface area contributed by atoms with E-state index in [0.29, 0.717) is 0 Å². The fraction of sp³-hybridized carbons (Fsp3) is 0.938. The molecule has 0 spiro atoms. The summed E-state index contributed by atoms with van der Waals surface area (Å²) in [4.78, 5) is 14.5. The molecule has 0 aromatic carbocycles. The monoisotopic (exact) mass is 267 g/mol. The first-order chi connectivity index (χ1) is 9.20. The third-order valence-electron chi connectivity index (χ3n) is 4.99. The van der Waals surface area contributed by atoms with Gasteiger partial charge in [-0.2, -0.15) is 0 Å². The van der Waals surface area contributed by atoms with Crippen molar-refractivity contribution in [3.05, 3.63) is 0 Å². The van der Waals surface area contributed by atoms with Crippen molar-refractivity contribution in [2.45, 2.75) is 82.8 Å². The zero-order valence-electron chi connectivity index (χ0n) is 12.3. The summed E-state index contributed by atoms with van der Waals surface area (Å²) < 4.78 is 0. The Morgan fingerprint density at radius 1 is 0.895 bits per heavy atom. The van der Waals surface area contributed by atoms with E-state index in [-0.39, 0.29) is 24.0 Å². The third kappa shape index (κ3) is 3.95. The van der Waals surface area contributed by atoms with Gasteiger partial charge in [0.1, 0.15) is 0 Å². The van der Waals surface area contributed by atoms with Crippen molar-refractivity contribution in [1.29, 1.82) is 0 Å². The van der Waals surface area contributed by atoms with Crippen LogP contribution in [0.15, 0.2) is 0 Å². The number of likely N-dealkylation sites (N-methyl/N-ethyl adjacent to an activating group) is 1. The molecule has 19 heavy (non-hydrogen) atoms. The van der Waals surface area contributed by atoms with Gasteiger partial charge in [0.05, 0.1) is 12.1 Å². The van der Waals surface area contributed by atoms with Crippen LogP contribution in [0.1, 0.15) is 70.6 Å². The van der Waals surface area contributed by atoms with E-state index in [4.69, 9.17) is 0 Å². The second-order valence-corrected chi connectivity index (χ2v) is 6.41. The van der Waals surface area contributed by atoms with E-state index in [9.17, 15) is 9.90 Å². The highest BCUT2D eigenvalue weighted by atomic mass is 16.3. The molecule has 110 valence electrons. The Balaban J connectivity index is 1.92. The molecule has 2 aliphatic rings. The van der Waals surface area contributed by atoms with Crippen molar-refractivity contribution in [2.24, 2.45) is 5.92 Å². The van der Waals surface area contributed by atoms with E-state index in [2.05, 4.69) is 0 Å². The first kappa shape index (κ1) is 14.8. The molecule has 3 heteroatoms. The molecular weight excluding hydrogens is 238 g/mol. The molecule has 2 saturated carbocycles. The van der Waals surface area contributed by atoms with Crippen LogP contribution < -0.4 is 0 Å². The van der Waals surface area contributed by atoms with E-state index in [1.807, 2.05) is 11.9 Å². The minimum atomic E-state index is -0.309. The summed E-state index contributed by atoms with van der Waals surface area (Å²) in [5, 5.41) is 10.1. The highest BCUT2D eigenvalue weighted by molar-refractivity contribution is 5.79. The summed E-state index contributed by atoms with van der Waals surface area (Å²) in [6.07, 6.45) is 12.1. The smallest absolute Gasteiger partial charge is 0.225 e. The molecule has 1 amide bonds. The second kappa shape index (κ2) is 7.28. The largest absolute Gasteiger partial charge is 0.391 e. The van der Waals surface area contributed by atoms with Crippen molar-refractivity contribution < 1.29 is 9.90 Å². The van der Waals surface area contributed by atoms with Crippen molar-refractivity contribution in [3.63, 3.8) is 0 Å². The van der Waals surface area contributed by atoms with Gasteiger partial charge in [0.2, 0.25) is 5.91 Å². The van der Waals surface area contributed by atoms with E-state index < -0.39 is 0 Å². The Morgan fingerprint density at radius 3 is 2.05 bits per heavy atom. The molecule has 0 heterocycles. The lowest BCUT2D eigenvalue weighted by Crippen LogP contribution is -2.48. The number of aliphatic hydroxyl groups excluding tert-OH is 1. The predicted octanol–water partition coefficient (Wildman–Crippen LogP) is 3.11. The van der Waals surface area contributed by atoms with Crippen LogP contribution in [0.4, 0.5) is 0 Å². The molecular formula is C16H29NO2. The summed E-state index contributed by atoms with van der Waals surface area (Å²) in [5.41, 5.74) is 0. The molecule has 0 saturated heterocycles. The number of hydrogen-bond acceptors (Lipinski definition) is 2. The normalized spacial score (nSPS) is 30.4. The number of nitrogens with zero attached hydrogens (tertiary/aromatic N) is 1. The lowest BCUT2D eigenvalue weighted by Gasteiger charge is -2.37. The maximum Gasteiger partial charge on any atom is 0.225 e. The highest BCUT2D eigenvalue weighted by Crippen LogP contribution is 2.27. The zero-order valence-corrected chi connectivity index (χ0v) is 12.3. The van der Waals surface area contributed by atoms with Gasteiger partial charge >= 0.3 is 0 Å². The van der Waals surface area contributed by atoms with E-state index in [1.165, 1.54) is 32.1 Å². The minimum Gasteiger partial charge on any atom is -0.391 e. The number of hydrogen-bond donors (Lipinski definition) is 1. The SMILES string of the molecule is CN(C(=O)C1CCCCCCC1)C1CCCCC1O. The summed E-state index contributed by atoms with van der Waals surface area (Å²) in [5.74, 6) is 0.493. The fourth-order valence-electron chi connectivity index (χ4n) is 3.70. The highest BCUT2D eigenvalue weighted by Gasteiger charge is 2.32. The van der Waals surface area contributed by atoms with Gasteiger partial charge in [0, 0.05) is 13.0 Å². The van der Waals surface area contributed by atoms with Gasteiger partial charge in [-0.05, 0) is 25.7 Å². The van der Waals surface area contributed by atoms with Gasteiger partial charge in [-0.3, -0.25) is 4.79 Å². The van der Waals surface area contributed by atoms with E-state index in [1.54, 1.807) is 0 Å². The van der Waals surface area contributed by atoms with E-state index >= 15 is 0 Å². The molecule has 0 radical (unpaired) electrons. The number of aliphatic hydroxyl groups is 1. The first-order valence-corrected chi connectivity index (χ1v) is 8.15. The van der Waals surface area contributed by atoms with E-state index in [0.717, 1.165) is 38.5 Å². The van der Waals surface area contributed by atoms with Gasteiger partial charge in [-0.15, -0.1) is 0 Å². The Labute approximate surface area is 117 Å². The third-order valence-corrected chi connectivity index (χ3v) is 4.99. The number of carbonyl (C=O) groups is 1. The molecule has 2 fully saturated rings. The summed E-state index contributed by atoms with van der Waals surface area (Å²) >= 11 is 0. The van der Waals surface area contributed by atoms with Crippen molar-refractivity contribution in [1.82, 2.24) is 4.90 Å². The van der Waals surface area contributed by atoms with Gasteiger partial charge in [-0.1, -0.05) is 44.9 Å². The number of amides is 1. The average Bonchev–Trinajstić information content (AvgIpc) is 2.37. The lowest BCUT2D eigenvalue weighted by atomic mass is 9.87. The van der Waals surface area contributed by atoms with Crippen LogP contribution in [0.25, 0.3) is 0 Å². The first-order valence-electron chi connectivity index (χ1n) is 8.15. The molecule has 1 N–H and O–H groups in total. The van der Waals surface area contributed by atoms with Crippen LogP contribution >= 0.6 is 0 Å². The molecule has 0 aromatic heterocycles. The van der Waals surface area contributed by atoms with Crippen molar-refractivity contribution in [2.75, 3.05) is 7.05 Å². The van der Waals surface area contributed by atoms with Gasteiger partial charge in [0.15, 0.2) is 0 Å². The summed E-state index contributed by atoms with van der Waals surface area (Å²) in [6.45, 7) is 0. The van der Waals surface area contributed by atoms with Crippen LogP contribution in [0.5, 0.6) is 0 Å². The molecule has 2 aliphatic carbocycles. The minimum absolute atomic E-state index is 0.0618. The maximum atomic E-state index is 12.6. The van der Waals surface area contributed by atoms with Crippen molar-refractivity contribution >= 4 is 5.91 Å². The standard InChI is InChI=1S/C16H29NO2/c1-17(14-11-7-8-12-15(14)18)16(19)13-9-5-3-2-4-6-10-13/h13-15,18H,2-12H2,1H3. The lowest BCUT2D eigenvalue weighted by molar-refractivity contribution is -0.140. The Hall–Kier alpha value is -0.570. The van der Waals surface area contributed by atoms with Crippen LogP contribution in [0, 0.1) is 5.92 Å². The molecule has 0 aliphatic heterocycles. The Morgan fingerprint density at radius 2 is 1.42 bits per heavy atom. The molecule has 0 aromatic rings. The quantitative estimate of drug-likeness (QED) is 0.835. The van der Waals surface area contributed by atoms with Gasteiger partial charge in [0.25, 0.3) is 0 Å². The van der Waals surface area contributed by atoms with Gasteiger partial charge < -0.3 is 10.0 Å². The molecule has 2 rings (SSSR count). The predicted molar refractivity (Wildman–Crippen MR) is 76.8 cm³/mol. The summed E-state index contributed by atoms with van der Waals surface area (Å²) in [7, 11) is 1.90. The van der Waals surface area contributed by atoms with Crippen molar-refractivity contribution in [3.8, 4) is 0 Å². The second-order valence-electron chi connectivity index (χ2n) is 6.41. The molecule has 3 nitrogen and oxygen atoms in total. The molecule has 0 bridgehead atoms. The summed E-state index contributed by atoms with van der Waals surface area (Å²) in [6, 6.07) is 0.0618. The van der Waals surface area contributed by atoms with Crippen LogP contribution in [0.2, 0.25) is 0 Å². The average molecular weight is 267 g/mol. The fourth-order valence-corrected chi connectivity index (χ4v) is 3.70. The Kier molecular flexibility index (Phi) is 5.68. The molecule has 2 unspecified atom stereocenters. The zero-order chi connectivity index (χ0) is 13.7. The number of carbonyl (C=O) groups excluding carboxylic acids is 1. The van der Waals surface area contributed by atoms with Gasteiger partial charge in [-0.25, -0.2) is 0 Å². The van der Waals surface area contributed by atoms with Crippen LogP contribution in [-0.2, 0) is 4.79 Å². The topological polar surface area (TPSA) is 40.5 Å². The van der Waals surface area contributed by atoms with Crippen LogP contribution in [0.3, 0.4) is 0 Å². The van der Waals surface area contributed by atoms with Crippen LogP contribution in [-0.4, -0.2) is 35.1 Å². The number of rotatable bonds is 2. The maximum absolute atomic E-state index is 12.6.